The standard InChI is InChI=1S/C7H6O4S2.Na/c8-7(9)5-1-3-6(4-2-5)13(10,11)12;/h1-4H,(H,8,9)(H,10,11,12);/q;+1/p-1. The minimum Gasteiger partial charge on any atom is -0.644 e. The number of hydrogen-bond acceptors (Lipinski definition) is 4. The minimum atomic E-state index is -3.65. The van der Waals surface area contributed by atoms with E-state index >= 15 is 0 Å². The summed E-state index contributed by atoms with van der Waals surface area (Å²) in [4.78, 5) is 10.3. The number of aromatic carboxylic acids is 1. The Kier molecular flexibility index (Phi) is 5.17. The summed E-state index contributed by atoms with van der Waals surface area (Å²) in [7, 11) is -3.65. The molecule has 0 fully saturated rings. The van der Waals surface area contributed by atoms with Crippen molar-refractivity contribution in [1.29, 1.82) is 0 Å². The summed E-state index contributed by atoms with van der Waals surface area (Å²) in [6.45, 7) is 0. The van der Waals surface area contributed by atoms with Gasteiger partial charge in [-0.25, -0.2) is 13.2 Å². The molecule has 0 radical (unpaired) electrons. The van der Waals surface area contributed by atoms with E-state index in [1.165, 1.54) is 24.3 Å². The molecule has 0 aliphatic carbocycles. The molecule has 0 amide bonds. The van der Waals surface area contributed by atoms with Gasteiger partial charge in [0, 0.05) is 4.90 Å². The molecular formula is C7H5NaO4S2. The van der Waals surface area contributed by atoms with Crippen LogP contribution in [0, 0.1) is 0 Å². The molecule has 14 heavy (non-hydrogen) atoms. The SMILES string of the molecule is O=C(O)c1ccc(S(=O)(=O)[S-])cc1.[Na+]. The molecule has 0 atom stereocenters. The van der Waals surface area contributed by atoms with E-state index in [0.717, 1.165) is 0 Å². The smallest absolute Gasteiger partial charge is 0.644 e. The fourth-order valence-electron chi connectivity index (χ4n) is 0.764. The number of carboxylic acid groups (broad SMARTS) is 1. The number of rotatable bonds is 2. The number of hydrogen-bond donors (Lipinski definition) is 1. The Balaban J connectivity index is 0.00000169. The first-order chi connectivity index (χ1) is 5.91. The van der Waals surface area contributed by atoms with E-state index in [1.807, 2.05) is 0 Å². The average molecular weight is 240 g/mol. The predicted molar refractivity (Wildman–Crippen MR) is 48.0 cm³/mol. The zero-order chi connectivity index (χ0) is 10.1. The van der Waals surface area contributed by atoms with Crippen LogP contribution in [0.25, 0.3) is 0 Å². The van der Waals surface area contributed by atoms with Gasteiger partial charge < -0.3 is 16.8 Å². The third kappa shape index (κ3) is 3.62. The first kappa shape index (κ1) is 14.0. The van der Waals surface area contributed by atoms with E-state index < -0.39 is 14.8 Å². The first-order valence-electron chi connectivity index (χ1n) is 3.20. The first-order valence-corrected chi connectivity index (χ1v) is 5.61. The van der Waals surface area contributed by atoms with Gasteiger partial charge in [-0.1, -0.05) is 0 Å². The molecule has 4 nitrogen and oxygen atoms in total. The molecular weight excluding hydrogens is 235 g/mol. The van der Waals surface area contributed by atoms with Gasteiger partial charge in [0.25, 0.3) is 0 Å². The van der Waals surface area contributed by atoms with E-state index in [2.05, 4.69) is 11.7 Å². The van der Waals surface area contributed by atoms with Crippen LogP contribution in [-0.4, -0.2) is 19.5 Å². The maximum Gasteiger partial charge on any atom is 1.00 e. The molecule has 1 aromatic rings. The molecule has 0 aliphatic heterocycles. The topological polar surface area (TPSA) is 71.4 Å². The van der Waals surface area contributed by atoms with Crippen molar-refractivity contribution in [3.63, 3.8) is 0 Å². The second kappa shape index (κ2) is 5.18. The number of carboxylic acids is 1. The monoisotopic (exact) mass is 240 g/mol. The molecule has 0 bridgehead atoms. The summed E-state index contributed by atoms with van der Waals surface area (Å²) in [6, 6.07) is 4.74. The molecule has 0 saturated carbocycles. The summed E-state index contributed by atoms with van der Waals surface area (Å²) in [5.74, 6) is -1.10. The van der Waals surface area contributed by atoms with Crippen molar-refractivity contribution in [2.24, 2.45) is 0 Å². The van der Waals surface area contributed by atoms with Crippen LogP contribution >= 0.6 is 0 Å². The zero-order valence-corrected chi connectivity index (χ0v) is 10.9. The van der Waals surface area contributed by atoms with Gasteiger partial charge in [-0.3, -0.25) is 0 Å². The Labute approximate surface area is 108 Å². The molecule has 0 unspecified atom stereocenters. The Morgan fingerprint density at radius 2 is 1.64 bits per heavy atom. The molecule has 7 heteroatoms. The van der Waals surface area contributed by atoms with Crippen molar-refractivity contribution in [3.05, 3.63) is 29.8 Å². The van der Waals surface area contributed by atoms with E-state index in [0.29, 0.717) is 0 Å². The van der Waals surface area contributed by atoms with Crippen molar-refractivity contribution < 1.29 is 47.9 Å². The fourth-order valence-corrected chi connectivity index (χ4v) is 1.57. The largest absolute Gasteiger partial charge is 1.00 e. The summed E-state index contributed by atoms with van der Waals surface area (Å²) < 4.78 is 21.6. The molecule has 70 valence electrons. The molecule has 0 aliphatic rings. The number of benzene rings is 1. The molecule has 1 aromatic carbocycles. The Morgan fingerprint density at radius 3 is 1.93 bits per heavy atom. The summed E-state index contributed by atoms with van der Waals surface area (Å²) in [5.41, 5.74) is 0.0300. The van der Waals surface area contributed by atoms with Crippen LogP contribution in [0.1, 0.15) is 10.4 Å². The predicted octanol–water partition coefficient (Wildman–Crippen LogP) is -2.38. The van der Waals surface area contributed by atoms with Gasteiger partial charge in [0.15, 0.2) is 0 Å². The normalized spacial score (nSPS) is 10.4. The van der Waals surface area contributed by atoms with E-state index in [-0.39, 0.29) is 40.0 Å². The van der Waals surface area contributed by atoms with Crippen molar-refractivity contribution in [2.75, 3.05) is 0 Å². The molecule has 1 rings (SSSR count). The van der Waals surface area contributed by atoms with Crippen LogP contribution in [-0.2, 0) is 20.5 Å². The van der Waals surface area contributed by atoms with Gasteiger partial charge in [-0.15, -0.1) is 0 Å². The van der Waals surface area contributed by atoms with Gasteiger partial charge in [-0.05, 0) is 24.3 Å². The molecule has 0 saturated heterocycles. The van der Waals surface area contributed by atoms with Crippen LogP contribution in [0.2, 0.25) is 0 Å². The van der Waals surface area contributed by atoms with Crippen LogP contribution in [0.5, 0.6) is 0 Å². The van der Waals surface area contributed by atoms with Gasteiger partial charge in [0.05, 0.1) is 14.4 Å². The second-order valence-electron chi connectivity index (χ2n) is 2.28. The van der Waals surface area contributed by atoms with Crippen LogP contribution in [0.4, 0.5) is 0 Å². The van der Waals surface area contributed by atoms with Gasteiger partial charge in [-0.2, -0.15) is 0 Å². The number of carbonyl (C=O) groups is 1. The maximum atomic E-state index is 10.8. The molecule has 0 spiro atoms. The third-order valence-electron chi connectivity index (χ3n) is 1.39. The Hall–Kier alpha value is -0.0100. The molecule has 0 heterocycles. The zero-order valence-electron chi connectivity index (χ0n) is 7.30. The Bertz CT molecular complexity index is 424. The average Bonchev–Trinajstić information content (AvgIpc) is 2.03. The quantitative estimate of drug-likeness (QED) is 0.355. The van der Waals surface area contributed by atoms with E-state index in [1.54, 1.807) is 0 Å². The van der Waals surface area contributed by atoms with Gasteiger partial charge in [0.2, 0.25) is 0 Å². The van der Waals surface area contributed by atoms with E-state index in [9.17, 15) is 13.2 Å². The van der Waals surface area contributed by atoms with Crippen molar-refractivity contribution in [2.45, 2.75) is 4.90 Å². The molecule has 1 N–H and O–H groups in total. The second-order valence-corrected chi connectivity index (χ2v) is 4.98. The van der Waals surface area contributed by atoms with Crippen LogP contribution < -0.4 is 29.6 Å². The summed E-state index contributed by atoms with van der Waals surface area (Å²) in [5, 5.41) is 8.50. The van der Waals surface area contributed by atoms with Crippen LogP contribution in [0.15, 0.2) is 29.2 Å². The van der Waals surface area contributed by atoms with Crippen molar-refractivity contribution in [3.8, 4) is 0 Å². The van der Waals surface area contributed by atoms with Gasteiger partial charge >= 0.3 is 35.5 Å². The third-order valence-corrected chi connectivity index (χ3v) is 2.82. The van der Waals surface area contributed by atoms with E-state index in [4.69, 9.17) is 5.11 Å². The fraction of sp³-hybridized carbons (Fsp3) is 0. The summed E-state index contributed by atoms with van der Waals surface area (Å²) in [6.07, 6.45) is 0. The van der Waals surface area contributed by atoms with Gasteiger partial charge in [0.1, 0.15) is 0 Å². The van der Waals surface area contributed by atoms with Crippen molar-refractivity contribution >= 4 is 26.5 Å². The summed E-state index contributed by atoms with van der Waals surface area (Å²) >= 11 is 4.19. The maximum absolute atomic E-state index is 10.8. The Morgan fingerprint density at radius 1 is 1.21 bits per heavy atom. The molecule has 0 aromatic heterocycles. The van der Waals surface area contributed by atoms with Crippen LogP contribution in [0.3, 0.4) is 0 Å². The minimum absolute atomic E-state index is 0. The van der Waals surface area contributed by atoms with Crippen molar-refractivity contribution in [1.82, 2.24) is 0 Å².